The monoisotopic (exact) mass is 470 g/mol. The molecule has 166 valence electrons. The van der Waals surface area contributed by atoms with Gasteiger partial charge in [0.15, 0.2) is 5.82 Å². The Morgan fingerprint density at radius 2 is 1.43 bits per heavy atom. The Bertz CT molecular complexity index is 861. The van der Waals surface area contributed by atoms with E-state index in [-0.39, 0.29) is 15.7 Å². The van der Waals surface area contributed by atoms with Gasteiger partial charge < -0.3 is 0 Å². The average Bonchev–Trinajstić information content (AvgIpc) is 2.73. The Kier molecular flexibility index (Phi) is 11.0. The Morgan fingerprint density at radius 3 is 2.00 bits per heavy atom. The molecule has 4 nitrogen and oxygen atoms in total. The number of unbranched alkanes of at least 4 members (excludes halogenated alkanes) is 9. The first-order chi connectivity index (χ1) is 14.5. The van der Waals surface area contributed by atoms with E-state index >= 15 is 0 Å². The number of nitrogens with zero attached hydrogens (tertiary/aromatic N) is 2. The van der Waals surface area contributed by atoms with E-state index in [0.29, 0.717) is 11.6 Å². The van der Waals surface area contributed by atoms with Crippen molar-refractivity contribution in [1.82, 2.24) is 4.98 Å². The fourth-order valence-electron chi connectivity index (χ4n) is 3.39. The highest BCUT2D eigenvalue weighted by Crippen LogP contribution is 2.30. The average molecular weight is 471 g/mol. The van der Waals surface area contributed by atoms with Gasteiger partial charge in [-0.2, -0.15) is 0 Å². The number of sulfonamides is 1. The summed E-state index contributed by atoms with van der Waals surface area (Å²) in [6.45, 7) is 2.57. The molecule has 30 heavy (non-hydrogen) atoms. The van der Waals surface area contributed by atoms with E-state index in [9.17, 15) is 8.42 Å². The van der Waals surface area contributed by atoms with Crippen LogP contribution in [0.2, 0.25) is 10.0 Å². The smallest absolute Gasteiger partial charge is 0.249 e. The molecule has 1 heterocycles. The van der Waals surface area contributed by atoms with Gasteiger partial charge in [0.25, 0.3) is 10.0 Å². The van der Waals surface area contributed by atoms with E-state index in [1.165, 1.54) is 61.5 Å². The number of anilines is 1. The van der Waals surface area contributed by atoms with Gasteiger partial charge in [0, 0.05) is 12.7 Å². The molecule has 0 aliphatic rings. The molecule has 0 saturated heterocycles. The third kappa shape index (κ3) is 7.75. The van der Waals surface area contributed by atoms with Gasteiger partial charge in [0.1, 0.15) is 0 Å². The van der Waals surface area contributed by atoms with Crippen LogP contribution < -0.4 is 4.31 Å². The highest BCUT2D eigenvalue weighted by atomic mass is 35.5. The second-order valence-corrected chi connectivity index (χ2v) is 10.2. The van der Waals surface area contributed by atoms with Crippen molar-refractivity contribution in [3.05, 3.63) is 52.6 Å². The summed E-state index contributed by atoms with van der Waals surface area (Å²) >= 11 is 12.3. The van der Waals surface area contributed by atoms with Crippen molar-refractivity contribution in [3.8, 4) is 0 Å². The van der Waals surface area contributed by atoms with Gasteiger partial charge in [0.2, 0.25) is 0 Å². The highest BCUT2D eigenvalue weighted by molar-refractivity contribution is 7.92. The van der Waals surface area contributed by atoms with Gasteiger partial charge in [0.05, 0.1) is 14.9 Å². The Morgan fingerprint density at radius 1 is 0.867 bits per heavy atom. The van der Waals surface area contributed by atoms with Gasteiger partial charge >= 0.3 is 0 Å². The minimum Gasteiger partial charge on any atom is -0.249 e. The van der Waals surface area contributed by atoms with Crippen molar-refractivity contribution in [2.75, 3.05) is 10.8 Å². The van der Waals surface area contributed by atoms with Crippen LogP contribution in [0.1, 0.15) is 71.1 Å². The Hall–Kier alpha value is -1.30. The first kappa shape index (κ1) is 25.0. The van der Waals surface area contributed by atoms with Gasteiger partial charge in [-0.1, -0.05) is 106 Å². The van der Waals surface area contributed by atoms with Crippen molar-refractivity contribution >= 4 is 39.0 Å². The van der Waals surface area contributed by atoms with Crippen molar-refractivity contribution in [2.45, 2.75) is 76.0 Å². The fraction of sp³-hybridized carbons (Fsp3) is 0.522. The predicted octanol–water partition coefficient (Wildman–Crippen LogP) is 7.50. The molecular weight excluding hydrogens is 439 g/mol. The van der Waals surface area contributed by atoms with Crippen molar-refractivity contribution in [3.63, 3.8) is 0 Å². The van der Waals surface area contributed by atoms with Gasteiger partial charge in [-0.3, -0.25) is 0 Å². The molecule has 0 fully saturated rings. The Labute approximate surface area is 191 Å². The number of benzene rings is 1. The molecule has 0 amide bonds. The first-order valence-corrected chi connectivity index (χ1v) is 13.0. The highest BCUT2D eigenvalue weighted by Gasteiger charge is 2.27. The van der Waals surface area contributed by atoms with Crippen LogP contribution in [0.5, 0.6) is 0 Å². The number of hydrogen-bond acceptors (Lipinski definition) is 3. The summed E-state index contributed by atoms with van der Waals surface area (Å²) in [5.41, 5.74) is 0. The molecule has 2 aromatic rings. The lowest BCUT2D eigenvalue weighted by atomic mass is 10.1. The lowest BCUT2D eigenvalue weighted by molar-refractivity contribution is 0.554. The zero-order valence-electron chi connectivity index (χ0n) is 17.7. The molecule has 0 unspecified atom stereocenters. The zero-order chi connectivity index (χ0) is 21.8. The second kappa shape index (κ2) is 13.2. The standard InChI is InChI=1S/C23H32Cl2N2O2S/c1-2-3-4-5-6-7-8-9-10-14-17-27(23-22(25)18-20(24)19-26-23)30(28,29)21-15-12-11-13-16-21/h11-13,15-16,18-19H,2-10,14,17H2,1H3. The largest absolute Gasteiger partial charge is 0.265 e. The molecule has 0 aliphatic heterocycles. The number of rotatable bonds is 14. The molecule has 2 rings (SSSR count). The first-order valence-electron chi connectivity index (χ1n) is 10.9. The second-order valence-electron chi connectivity index (χ2n) is 7.53. The lowest BCUT2D eigenvalue weighted by Gasteiger charge is -2.24. The quantitative estimate of drug-likeness (QED) is 0.268. The number of pyridine rings is 1. The van der Waals surface area contributed by atoms with Gasteiger partial charge in [-0.05, 0) is 24.6 Å². The molecule has 1 aromatic carbocycles. The van der Waals surface area contributed by atoms with Crippen molar-refractivity contribution < 1.29 is 8.42 Å². The van der Waals surface area contributed by atoms with E-state index < -0.39 is 10.0 Å². The number of aromatic nitrogens is 1. The minimum atomic E-state index is -3.76. The molecule has 0 atom stereocenters. The predicted molar refractivity (Wildman–Crippen MR) is 127 cm³/mol. The molecule has 0 spiro atoms. The summed E-state index contributed by atoms with van der Waals surface area (Å²) in [5.74, 6) is 0.223. The normalized spacial score (nSPS) is 11.6. The van der Waals surface area contributed by atoms with Crippen LogP contribution in [0.25, 0.3) is 0 Å². The molecular formula is C23H32Cl2N2O2S. The maximum absolute atomic E-state index is 13.3. The fourth-order valence-corrected chi connectivity index (χ4v) is 5.42. The number of halogens is 2. The van der Waals surface area contributed by atoms with Crippen molar-refractivity contribution in [1.29, 1.82) is 0 Å². The van der Waals surface area contributed by atoms with Crippen LogP contribution in [-0.2, 0) is 10.0 Å². The van der Waals surface area contributed by atoms with Gasteiger partial charge in [-0.15, -0.1) is 0 Å². The van der Waals surface area contributed by atoms with E-state index in [1.54, 1.807) is 30.3 Å². The summed E-state index contributed by atoms with van der Waals surface area (Å²) in [6.07, 6.45) is 13.2. The molecule has 0 saturated carbocycles. The topological polar surface area (TPSA) is 50.3 Å². The maximum Gasteiger partial charge on any atom is 0.265 e. The van der Waals surface area contributed by atoms with Crippen LogP contribution in [0.4, 0.5) is 5.82 Å². The molecule has 0 N–H and O–H groups in total. The van der Waals surface area contributed by atoms with E-state index in [1.807, 2.05) is 0 Å². The van der Waals surface area contributed by atoms with E-state index in [2.05, 4.69) is 11.9 Å². The zero-order valence-corrected chi connectivity index (χ0v) is 20.0. The third-order valence-electron chi connectivity index (χ3n) is 5.07. The van der Waals surface area contributed by atoms with Crippen LogP contribution in [-0.4, -0.2) is 19.9 Å². The summed E-state index contributed by atoms with van der Waals surface area (Å²) < 4.78 is 27.8. The number of hydrogen-bond donors (Lipinski definition) is 0. The SMILES string of the molecule is CCCCCCCCCCCCN(c1ncc(Cl)cc1Cl)S(=O)(=O)c1ccccc1. The van der Waals surface area contributed by atoms with Crippen LogP contribution >= 0.6 is 23.2 Å². The van der Waals surface area contributed by atoms with E-state index in [4.69, 9.17) is 23.2 Å². The summed E-state index contributed by atoms with van der Waals surface area (Å²) in [4.78, 5) is 4.44. The van der Waals surface area contributed by atoms with Crippen LogP contribution in [0.3, 0.4) is 0 Å². The molecule has 0 aliphatic carbocycles. The van der Waals surface area contributed by atoms with Gasteiger partial charge in [-0.25, -0.2) is 17.7 Å². The van der Waals surface area contributed by atoms with Crippen molar-refractivity contribution in [2.24, 2.45) is 0 Å². The Balaban J connectivity index is 1.97. The molecule has 0 radical (unpaired) electrons. The van der Waals surface area contributed by atoms with E-state index in [0.717, 1.165) is 19.3 Å². The molecule has 7 heteroatoms. The summed E-state index contributed by atoms with van der Waals surface area (Å²) in [6, 6.07) is 9.91. The van der Waals surface area contributed by atoms with Crippen LogP contribution in [0, 0.1) is 0 Å². The third-order valence-corrected chi connectivity index (χ3v) is 7.36. The lowest BCUT2D eigenvalue weighted by Crippen LogP contribution is -2.33. The molecule has 1 aromatic heterocycles. The summed E-state index contributed by atoms with van der Waals surface area (Å²) in [7, 11) is -3.76. The van der Waals surface area contributed by atoms with Crippen LogP contribution in [0.15, 0.2) is 47.5 Å². The minimum absolute atomic E-state index is 0.223. The maximum atomic E-state index is 13.3. The molecule has 0 bridgehead atoms. The summed E-state index contributed by atoms with van der Waals surface area (Å²) in [5, 5.41) is 0.605.